The zero-order valence-electron chi connectivity index (χ0n) is 18.7. The summed E-state index contributed by atoms with van der Waals surface area (Å²) in [7, 11) is 0. The molecule has 3 aliphatic rings. The number of nitrogens with zero attached hydrogens (tertiary/aromatic N) is 6. The first kappa shape index (κ1) is 20.6. The van der Waals surface area contributed by atoms with Crippen molar-refractivity contribution in [1.29, 1.82) is 0 Å². The van der Waals surface area contributed by atoms with Crippen LogP contribution in [0.15, 0.2) is 76.7 Å². The number of amidine groups is 1. The van der Waals surface area contributed by atoms with Crippen molar-refractivity contribution in [2.45, 2.75) is 32.6 Å². The molecule has 1 atom stereocenters. The number of allylic oxidation sites excluding steroid dienone is 3. The van der Waals surface area contributed by atoms with Gasteiger partial charge < -0.3 is 9.80 Å². The second kappa shape index (κ2) is 9.47. The minimum absolute atomic E-state index is 0.298. The molecule has 0 bridgehead atoms. The van der Waals surface area contributed by atoms with Gasteiger partial charge >= 0.3 is 0 Å². The Kier molecular flexibility index (Phi) is 6.10. The maximum Gasteiger partial charge on any atom is 0.225 e. The molecule has 6 nitrogen and oxygen atoms in total. The first-order chi connectivity index (χ1) is 15.8. The molecule has 1 unspecified atom stereocenters. The quantitative estimate of drug-likeness (QED) is 0.723. The van der Waals surface area contributed by atoms with E-state index in [1.165, 1.54) is 16.7 Å². The van der Waals surface area contributed by atoms with E-state index in [0.29, 0.717) is 5.92 Å². The fraction of sp³-hybridized carbons (Fsp3) is 0.385. The average Bonchev–Trinajstić information content (AvgIpc) is 2.86. The Balaban J connectivity index is 1.29. The summed E-state index contributed by atoms with van der Waals surface area (Å²) in [5.74, 6) is 2.24. The van der Waals surface area contributed by atoms with Gasteiger partial charge in [0.15, 0.2) is 0 Å². The van der Waals surface area contributed by atoms with Crippen LogP contribution in [0.3, 0.4) is 0 Å². The molecule has 3 heterocycles. The lowest BCUT2D eigenvalue weighted by atomic mass is 9.84. The van der Waals surface area contributed by atoms with Crippen molar-refractivity contribution in [3.8, 4) is 0 Å². The van der Waals surface area contributed by atoms with Gasteiger partial charge in [0.2, 0.25) is 5.95 Å². The summed E-state index contributed by atoms with van der Waals surface area (Å²) in [6.45, 7) is 5.80. The van der Waals surface area contributed by atoms with Gasteiger partial charge in [0.25, 0.3) is 0 Å². The maximum absolute atomic E-state index is 4.75. The molecule has 0 N–H and O–H groups in total. The van der Waals surface area contributed by atoms with Crippen LogP contribution in [0.5, 0.6) is 0 Å². The lowest BCUT2D eigenvalue weighted by Gasteiger charge is -2.40. The molecule has 1 fully saturated rings. The Labute approximate surface area is 190 Å². The van der Waals surface area contributed by atoms with Gasteiger partial charge in [-0.1, -0.05) is 61.9 Å². The third kappa shape index (κ3) is 4.35. The average molecular weight is 427 g/mol. The highest BCUT2D eigenvalue weighted by Crippen LogP contribution is 2.30. The van der Waals surface area contributed by atoms with Crippen molar-refractivity contribution < 1.29 is 0 Å². The second-order valence-corrected chi connectivity index (χ2v) is 8.62. The standard InChI is InChI=1S/C26H30N6/c1-2-8-21-18-27-26(28-19-21)32-15-13-31(14-16-32)25-23-12-7-6-11-22(23)24(29-30-25)17-20-9-4-3-5-10-20/h3-7,9-11,18-19,23H,2,8,12-17H2,1H3. The number of hydrogen-bond donors (Lipinski definition) is 0. The number of anilines is 1. The van der Waals surface area contributed by atoms with Crippen molar-refractivity contribution in [2.24, 2.45) is 16.1 Å². The molecule has 5 rings (SSSR count). The number of rotatable bonds is 5. The molecule has 1 aromatic heterocycles. The molecule has 6 heteroatoms. The van der Waals surface area contributed by atoms with Crippen LogP contribution in [0.1, 0.15) is 30.9 Å². The van der Waals surface area contributed by atoms with Gasteiger partial charge in [-0.15, -0.1) is 5.10 Å². The van der Waals surface area contributed by atoms with Gasteiger partial charge in [0.1, 0.15) is 5.84 Å². The third-order valence-electron chi connectivity index (χ3n) is 6.41. The molecule has 1 saturated heterocycles. The van der Waals surface area contributed by atoms with Crippen LogP contribution in [0.25, 0.3) is 0 Å². The van der Waals surface area contributed by atoms with Crippen LogP contribution < -0.4 is 4.90 Å². The number of aromatic nitrogens is 2. The predicted octanol–water partition coefficient (Wildman–Crippen LogP) is 4.06. The Hall–Kier alpha value is -3.28. The first-order valence-electron chi connectivity index (χ1n) is 11.7. The largest absolute Gasteiger partial charge is 0.354 e. The molecule has 0 radical (unpaired) electrons. The van der Waals surface area contributed by atoms with Crippen LogP contribution in [-0.4, -0.2) is 52.6 Å². The minimum Gasteiger partial charge on any atom is -0.354 e. The Bertz CT molecular complexity index is 1040. The fourth-order valence-electron chi connectivity index (χ4n) is 4.69. The van der Waals surface area contributed by atoms with Gasteiger partial charge in [-0.25, -0.2) is 9.97 Å². The molecule has 0 spiro atoms. The van der Waals surface area contributed by atoms with Crippen molar-refractivity contribution in [3.63, 3.8) is 0 Å². The number of aryl methyl sites for hydroxylation is 1. The van der Waals surface area contributed by atoms with Gasteiger partial charge in [0.05, 0.1) is 5.71 Å². The summed E-state index contributed by atoms with van der Waals surface area (Å²) >= 11 is 0. The summed E-state index contributed by atoms with van der Waals surface area (Å²) in [5, 5.41) is 9.44. The summed E-state index contributed by atoms with van der Waals surface area (Å²) < 4.78 is 0. The molecule has 1 aliphatic carbocycles. The van der Waals surface area contributed by atoms with Gasteiger partial charge in [-0.3, -0.25) is 0 Å². The summed E-state index contributed by atoms with van der Waals surface area (Å²) in [5.41, 5.74) is 4.89. The fourth-order valence-corrected chi connectivity index (χ4v) is 4.69. The molecular weight excluding hydrogens is 396 g/mol. The second-order valence-electron chi connectivity index (χ2n) is 8.62. The number of piperazine rings is 1. The lowest BCUT2D eigenvalue weighted by molar-refractivity contribution is 0.366. The molecule has 1 aromatic carbocycles. The highest BCUT2D eigenvalue weighted by atomic mass is 15.4. The minimum atomic E-state index is 0.298. The normalized spacial score (nSPS) is 20.4. The Morgan fingerprint density at radius 3 is 2.41 bits per heavy atom. The Morgan fingerprint density at radius 2 is 1.66 bits per heavy atom. The molecule has 164 valence electrons. The molecular formula is C26H30N6. The van der Waals surface area contributed by atoms with Crippen LogP contribution in [0, 0.1) is 5.92 Å². The van der Waals surface area contributed by atoms with E-state index in [2.05, 4.69) is 75.3 Å². The van der Waals surface area contributed by atoms with Gasteiger partial charge in [-0.05, 0) is 29.5 Å². The smallest absolute Gasteiger partial charge is 0.225 e. The van der Waals surface area contributed by atoms with E-state index in [4.69, 9.17) is 10.2 Å². The molecule has 0 saturated carbocycles. The predicted molar refractivity (Wildman–Crippen MR) is 130 cm³/mol. The Morgan fingerprint density at radius 1 is 0.906 bits per heavy atom. The van der Waals surface area contributed by atoms with Crippen molar-refractivity contribution in [2.75, 3.05) is 31.1 Å². The summed E-state index contributed by atoms with van der Waals surface area (Å²) in [6.07, 6.45) is 14.5. The lowest BCUT2D eigenvalue weighted by Crippen LogP contribution is -2.52. The van der Waals surface area contributed by atoms with Crippen LogP contribution in [-0.2, 0) is 12.8 Å². The van der Waals surface area contributed by atoms with E-state index in [-0.39, 0.29) is 0 Å². The van der Waals surface area contributed by atoms with E-state index in [0.717, 1.165) is 69.4 Å². The SMILES string of the molecule is CCCc1cnc(N2CCN(C3=NN=C(Cc4ccccc4)C4=CC=CCC43)CC2)nc1. The molecule has 32 heavy (non-hydrogen) atoms. The monoisotopic (exact) mass is 426 g/mol. The van der Waals surface area contributed by atoms with Crippen LogP contribution >= 0.6 is 0 Å². The number of fused-ring (bicyclic) bond motifs is 1. The van der Waals surface area contributed by atoms with Gasteiger partial charge in [-0.2, -0.15) is 5.10 Å². The topological polar surface area (TPSA) is 57.0 Å². The highest BCUT2D eigenvalue weighted by molar-refractivity contribution is 6.09. The zero-order chi connectivity index (χ0) is 21.8. The third-order valence-corrected chi connectivity index (χ3v) is 6.41. The molecule has 2 aromatic rings. The van der Waals surface area contributed by atoms with Crippen LogP contribution in [0.4, 0.5) is 5.95 Å². The number of hydrogen-bond acceptors (Lipinski definition) is 6. The van der Waals surface area contributed by atoms with Crippen molar-refractivity contribution >= 4 is 17.5 Å². The highest BCUT2D eigenvalue weighted by Gasteiger charge is 2.33. The van der Waals surface area contributed by atoms with E-state index < -0.39 is 0 Å². The number of benzene rings is 1. The summed E-state index contributed by atoms with van der Waals surface area (Å²) in [6, 6.07) is 10.5. The summed E-state index contributed by atoms with van der Waals surface area (Å²) in [4.78, 5) is 13.9. The maximum atomic E-state index is 4.75. The van der Waals surface area contributed by atoms with E-state index in [1.807, 2.05) is 12.4 Å². The molecule has 0 amide bonds. The van der Waals surface area contributed by atoms with Crippen molar-refractivity contribution in [3.05, 3.63) is 77.7 Å². The first-order valence-corrected chi connectivity index (χ1v) is 11.7. The van der Waals surface area contributed by atoms with E-state index >= 15 is 0 Å². The van der Waals surface area contributed by atoms with Crippen molar-refractivity contribution in [1.82, 2.24) is 14.9 Å². The van der Waals surface area contributed by atoms with E-state index in [9.17, 15) is 0 Å². The zero-order valence-corrected chi connectivity index (χ0v) is 18.7. The molecule has 2 aliphatic heterocycles. The van der Waals surface area contributed by atoms with E-state index in [1.54, 1.807) is 0 Å². The van der Waals surface area contributed by atoms with Gasteiger partial charge in [0, 0.05) is 50.9 Å². The van der Waals surface area contributed by atoms with Crippen LogP contribution in [0.2, 0.25) is 0 Å².